The van der Waals surface area contributed by atoms with E-state index in [9.17, 15) is 10.2 Å². The Morgan fingerprint density at radius 3 is 1.42 bits per heavy atom. The third kappa shape index (κ3) is 6.67. The number of rotatable bonds is 6. The number of unbranched alkanes of at least 4 members (excludes halogenated alkanes) is 2. The van der Waals surface area contributed by atoms with Gasteiger partial charge in [0.05, 0.1) is 11.0 Å². The number of benzene rings is 2. The second-order valence-corrected chi connectivity index (χ2v) is 7.47. The smallest absolute Gasteiger partial charge is 0.871 e. The molecule has 4 nitrogen and oxygen atoms in total. The molecule has 4 rings (SSSR count). The second kappa shape index (κ2) is 12.3. The molecule has 0 aliphatic heterocycles. The number of para-hydroxylation sites is 2. The van der Waals surface area contributed by atoms with Crippen molar-refractivity contribution < 1.29 is 27.0 Å². The Morgan fingerprint density at radius 2 is 1.03 bits per heavy atom. The van der Waals surface area contributed by atoms with Crippen molar-refractivity contribution in [3.63, 3.8) is 0 Å². The van der Waals surface area contributed by atoms with Gasteiger partial charge in [-0.25, -0.2) is 0 Å². The molecule has 0 amide bonds. The van der Waals surface area contributed by atoms with E-state index in [2.05, 4.69) is 23.8 Å². The molecule has 5 heteroatoms. The van der Waals surface area contributed by atoms with E-state index in [4.69, 9.17) is 0 Å². The number of hydrogen-bond acceptors (Lipinski definition) is 4. The minimum Gasteiger partial charge on any atom is -0.871 e. The molecule has 1 radical (unpaired) electrons. The van der Waals surface area contributed by atoms with Crippen molar-refractivity contribution in [2.24, 2.45) is 0 Å². The maximum absolute atomic E-state index is 11.5. The number of aryl methyl sites for hydroxylation is 2. The van der Waals surface area contributed by atoms with Crippen molar-refractivity contribution >= 4 is 21.8 Å². The molecule has 2 aromatic carbocycles. The summed E-state index contributed by atoms with van der Waals surface area (Å²) in [5.74, 6) is 0.0386. The van der Waals surface area contributed by atoms with E-state index in [1.54, 1.807) is 24.3 Å². The fourth-order valence-electron chi connectivity index (χ4n) is 3.31. The summed E-state index contributed by atoms with van der Waals surface area (Å²) in [6.07, 6.45) is 6.47. The van der Waals surface area contributed by atoms with Crippen LogP contribution in [0.3, 0.4) is 0 Å². The van der Waals surface area contributed by atoms with E-state index in [1.807, 2.05) is 36.4 Å². The van der Waals surface area contributed by atoms with E-state index in [0.717, 1.165) is 60.7 Å². The van der Waals surface area contributed by atoms with Crippen molar-refractivity contribution in [2.45, 2.75) is 52.4 Å². The molecule has 0 fully saturated rings. The maximum atomic E-state index is 11.5. The van der Waals surface area contributed by atoms with E-state index in [0.29, 0.717) is 11.0 Å². The van der Waals surface area contributed by atoms with Gasteiger partial charge in [-0.3, -0.25) is 9.97 Å². The maximum Gasteiger partial charge on any atom is 2.00 e. The third-order valence-electron chi connectivity index (χ3n) is 5.05. The van der Waals surface area contributed by atoms with Crippen LogP contribution in [-0.4, -0.2) is 9.97 Å². The molecule has 4 aromatic rings. The molecule has 2 aromatic heterocycles. The number of fused-ring (bicyclic) bond motifs is 2. The van der Waals surface area contributed by atoms with Gasteiger partial charge >= 0.3 is 16.8 Å². The average molecular weight is 459 g/mol. The summed E-state index contributed by atoms with van der Waals surface area (Å²) in [7, 11) is 0. The van der Waals surface area contributed by atoms with Crippen molar-refractivity contribution in [3.05, 3.63) is 72.1 Å². The molecular formula is C26H28CoN2O2. The van der Waals surface area contributed by atoms with Crippen LogP contribution in [0, 0.1) is 0 Å². The Kier molecular flexibility index (Phi) is 9.76. The van der Waals surface area contributed by atoms with Gasteiger partial charge in [-0.15, -0.1) is 0 Å². The minimum absolute atomic E-state index is 0. The Morgan fingerprint density at radius 1 is 0.613 bits per heavy atom. The predicted octanol–water partition coefficient (Wildman–Crippen LogP) is 5.30. The molecule has 2 heterocycles. The van der Waals surface area contributed by atoms with Crippen LogP contribution in [0.5, 0.6) is 11.5 Å². The molecule has 0 saturated carbocycles. The van der Waals surface area contributed by atoms with Gasteiger partial charge in [-0.05, 0) is 48.6 Å². The van der Waals surface area contributed by atoms with Crippen molar-refractivity contribution in [1.82, 2.24) is 9.97 Å². The summed E-state index contributed by atoms with van der Waals surface area (Å²) in [5, 5.41) is 25.0. The van der Waals surface area contributed by atoms with E-state index >= 15 is 0 Å². The SMILES string of the molecule is CCCCc1ccc2cccc([O-])c2n1.CCCCc1ccc2cccc([O-])c2n1.[Co+2]. The first kappa shape index (κ1) is 24.6. The van der Waals surface area contributed by atoms with Crippen LogP contribution < -0.4 is 10.2 Å². The topological polar surface area (TPSA) is 71.9 Å². The predicted molar refractivity (Wildman–Crippen MR) is 120 cm³/mol. The summed E-state index contributed by atoms with van der Waals surface area (Å²) >= 11 is 0. The first-order valence-electron chi connectivity index (χ1n) is 10.7. The van der Waals surface area contributed by atoms with Crippen LogP contribution in [0.15, 0.2) is 60.7 Å². The summed E-state index contributed by atoms with van der Waals surface area (Å²) in [6.45, 7) is 4.31. The van der Waals surface area contributed by atoms with Gasteiger partial charge in [0.1, 0.15) is 0 Å². The average Bonchev–Trinajstić information content (AvgIpc) is 2.77. The number of aromatic nitrogens is 2. The summed E-state index contributed by atoms with van der Waals surface area (Å²) in [5.41, 5.74) is 3.25. The zero-order valence-electron chi connectivity index (χ0n) is 18.1. The molecule has 0 bridgehead atoms. The summed E-state index contributed by atoms with van der Waals surface area (Å²) in [6, 6.07) is 18.5. The summed E-state index contributed by atoms with van der Waals surface area (Å²) < 4.78 is 0. The van der Waals surface area contributed by atoms with Crippen molar-refractivity contribution in [2.75, 3.05) is 0 Å². The van der Waals surface area contributed by atoms with Crippen LogP contribution in [0.4, 0.5) is 0 Å². The normalized spacial score (nSPS) is 10.4. The monoisotopic (exact) mass is 459 g/mol. The van der Waals surface area contributed by atoms with Gasteiger partial charge in [0.15, 0.2) is 0 Å². The molecule has 0 spiro atoms. The van der Waals surface area contributed by atoms with Crippen LogP contribution in [0.2, 0.25) is 0 Å². The summed E-state index contributed by atoms with van der Waals surface area (Å²) in [4.78, 5) is 8.80. The quantitative estimate of drug-likeness (QED) is 0.392. The molecule has 163 valence electrons. The molecular weight excluding hydrogens is 431 g/mol. The molecule has 0 aliphatic rings. The molecule has 31 heavy (non-hydrogen) atoms. The molecule has 0 N–H and O–H groups in total. The van der Waals surface area contributed by atoms with Crippen molar-refractivity contribution in [3.8, 4) is 11.5 Å². The van der Waals surface area contributed by atoms with Crippen LogP contribution >= 0.6 is 0 Å². The Balaban J connectivity index is 0.000000213. The first-order chi connectivity index (χ1) is 14.6. The van der Waals surface area contributed by atoms with Gasteiger partial charge in [0.25, 0.3) is 0 Å². The Labute approximate surface area is 194 Å². The Bertz CT molecular complexity index is 1030. The van der Waals surface area contributed by atoms with E-state index in [-0.39, 0.29) is 28.3 Å². The van der Waals surface area contributed by atoms with Crippen LogP contribution in [-0.2, 0) is 29.6 Å². The van der Waals surface area contributed by atoms with Gasteiger partial charge in [-0.2, -0.15) is 0 Å². The zero-order valence-corrected chi connectivity index (χ0v) is 19.1. The van der Waals surface area contributed by atoms with E-state index in [1.165, 1.54) is 0 Å². The third-order valence-corrected chi connectivity index (χ3v) is 5.05. The fraction of sp³-hybridized carbons (Fsp3) is 0.308. The molecule has 0 aliphatic carbocycles. The standard InChI is InChI=1S/2C13H15NO.Co/c2*1-2-3-6-11-9-8-10-5-4-7-12(15)13(10)14-11;/h2*4-5,7-9,15H,2-3,6H2,1H3;/q;;+2/p-2. The number of hydrogen-bond donors (Lipinski definition) is 0. The van der Waals surface area contributed by atoms with Gasteiger partial charge in [0, 0.05) is 11.4 Å². The van der Waals surface area contributed by atoms with Gasteiger partial charge in [-0.1, -0.05) is 86.7 Å². The molecule has 0 saturated heterocycles. The number of nitrogens with zero attached hydrogens (tertiary/aromatic N) is 2. The van der Waals surface area contributed by atoms with Gasteiger partial charge in [0.2, 0.25) is 0 Å². The number of pyridine rings is 2. The van der Waals surface area contributed by atoms with E-state index < -0.39 is 0 Å². The first-order valence-corrected chi connectivity index (χ1v) is 10.7. The fourth-order valence-corrected chi connectivity index (χ4v) is 3.31. The second-order valence-electron chi connectivity index (χ2n) is 7.47. The van der Waals surface area contributed by atoms with Crippen molar-refractivity contribution in [1.29, 1.82) is 0 Å². The largest absolute Gasteiger partial charge is 2.00 e. The molecule has 0 unspecified atom stereocenters. The van der Waals surface area contributed by atoms with Gasteiger partial charge < -0.3 is 10.2 Å². The van der Waals surface area contributed by atoms with Crippen LogP contribution in [0.25, 0.3) is 21.8 Å². The zero-order chi connectivity index (χ0) is 21.3. The Hall–Kier alpha value is -2.63. The minimum atomic E-state index is 0. The molecule has 0 atom stereocenters. The van der Waals surface area contributed by atoms with Crippen LogP contribution in [0.1, 0.15) is 50.9 Å².